The predicted octanol–water partition coefficient (Wildman–Crippen LogP) is 4.21. The van der Waals surface area contributed by atoms with E-state index in [1.54, 1.807) is 7.11 Å². The minimum absolute atomic E-state index is 0.337. The Balaban J connectivity index is 3.26. The van der Waals surface area contributed by atoms with E-state index in [0.29, 0.717) is 5.56 Å². The molecule has 1 unspecified atom stereocenters. The van der Waals surface area contributed by atoms with Crippen molar-refractivity contribution in [2.45, 2.75) is 51.7 Å². The molecule has 2 nitrogen and oxygen atoms in total. The maximum Gasteiger partial charge on any atom is 0.128 e. The van der Waals surface area contributed by atoms with E-state index in [9.17, 15) is 8.78 Å². The summed E-state index contributed by atoms with van der Waals surface area (Å²) in [6.07, 6.45) is 2.36. The van der Waals surface area contributed by atoms with Crippen molar-refractivity contribution in [3.63, 3.8) is 0 Å². The molecule has 1 N–H and O–H groups in total. The fourth-order valence-corrected chi connectivity index (χ4v) is 2.67. The lowest BCUT2D eigenvalue weighted by molar-refractivity contribution is -0.0494. The third kappa shape index (κ3) is 3.55. The van der Waals surface area contributed by atoms with E-state index in [1.165, 1.54) is 12.1 Å². The molecule has 0 aliphatic heterocycles. The molecule has 0 aliphatic carbocycles. The van der Waals surface area contributed by atoms with Gasteiger partial charge in [-0.25, -0.2) is 8.78 Å². The number of methoxy groups -OCH3 is 1. The molecule has 20 heavy (non-hydrogen) atoms. The first-order valence-electron chi connectivity index (χ1n) is 7.28. The van der Waals surface area contributed by atoms with Crippen LogP contribution in [0, 0.1) is 11.6 Å². The van der Waals surface area contributed by atoms with Crippen molar-refractivity contribution in [2.75, 3.05) is 13.7 Å². The summed E-state index contributed by atoms with van der Waals surface area (Å²) in [5.41, 5.74) is -0.201. The Morgan fingerprint density at radius 3 is 2.35 bits per heavy atom. The van der Waals surface area contributed by atoms with Crippen molar-refractivity contribution in [3.05, 3.63) is 35.4 Å². The third-order valence-corrected chi connectivity index (χ3v) is 4.00. The van der Waals surface area contributed by atoms with Gasteiger partial charge >= 0.3 is 0 Å². The van der Waals surface area contributed by atoms with Crippen LogP contribution in [0.15, 0.2) is 18.2 Å². The molecule has 4 heteroatoms. The minimum Gasteiger partial charge on any atom is -0.376 e. The highest BCUT2D eigenvalue weighted by molar-refractivity contribution is 5.25. The number of benzene rings is 1. The normalized spacial score (nSPS) is 13.5. The van der Waals surface area contributed by atoms with E-state index in [0.717, 1.165) is 31.9 Å². The van der Waals surface area contributed by atoms with E-state index in [2.05, 4.69) is 5.32 Å². The lowest BCUT2D eigenvalue weighted by Gasteiger charge is -2.39. The van der Waals surface area contributed by atoms with Crippen molar-refractivity contribution in [2.24, 2.45) is 0 Å². The van der Waals surface area contributed by atoms with Gasteiger partial charge in [0, 0.05) is 12.7 Å². The number of hydrogen-bond acceptors (Lipinski definition) is 2. The van der Waals surface area contributed by atoms with Crippen molar-refractivity contribution in [1.29, 1.82) is 0 Å². The van der Waals surface area contributed by atoms with Gasteiger partial charge in [0.15, 0.2) is 0 Å². The molecule has 1 rings (SSSR count). The van der Waals surface area contributed by atoms with Crippen molar-refractivity contribution < 1.29 is 13.5 Å². The quantitative estimate of drug-likeness (QED) is 0.772. The lowest BCUT2D eigenvalue weighted by Crippen LogP contribution is -2.45. The second kappa shape index (κ2) is 7.70. The average Bonchev–Trinajstić information content (AvgIpc) is 2.47. The zero-order chi connectivity index (χ0) is 15.2. The molecule has 0 aromatic heterocycles. The van der Waals surface area contributed by atoms with Crippen LogP contribution >= 0.6 is 0 Å². The van der Waals surface area contributed by atoms with Crippen molar-refractivity contribution in [1.82, 2.24) is 5.32 Å². The summed E-state index contributed by atoms with van der Waals surface area (Å²) in [5, 5.41) is 3.32. The smallest absolute Gasteiger partial charge is 0.128 e. The van der Waals surface area contributed by atoms with E-state index < -0.39 is 17.2 Å². The second-order valence-corrected chi connectivity index (χ2v) is 5.03. The highest BCUT2D eigenvalue weighted by Gasteiger charge is 2.38. The third-order valence-electron chi connectivity index (χ3n) is 4.00. The number of hydrogen-bond donors (Lipinski definition) is 1. The van der Waals surface area contributed by atoms with E-state index >= 15 is 0 Å². The molecule has 0 fully saturated rings. The Hall–Kier alpha value is -1.00. The van der Waals surface area contributed by atoms with Gasteiger partial charge in [0.2, 0.25) is 0 Å². The first-order chi connectivity index (χ1) is 9.54. The molecular formula is C16H25F2NO. The van der Waals surface area contributed by atoms with Crippen LogP contribution in [0.5, 0.6) is 0 Å². The molecule has 0 heterocycles. The van der Waals surface area contributed by atoms with Gasteiger partial charge in [-0.05, 0) is 44.0 Å². The summed E-state index contributed by atoms with van der Waals surface area (Å²) in [4.78, 5) is 0. The van der Waals surface area contributed by atoms with Crippen LogP contribution in [0.4, 0.5) is 8.78 Å². The van der Waals surface area contributed by atoms with Gasteiger partial charge in [0.25, 0.3) is 0 Å². The van der Waals surface area contributed by atoms with Gasteiger partial charge in [0.1, 0.15) is 11.6 Å². The molecule has 0 saturated heterocycles. The number of rotatable bonds is 8. The lowest BCUT2D eigenvalue weighted by atomic mass is 9.83. The van der Waals surface area contributed by atoms with Crippen LogP contribution in [-0.4, -0.2) is 19.3 Å². The molecule has 0 spiro atoms. The summed E-state index contributed by atoms with van der Waals surface area (Å²) < 4.78 is 33.3. The monoisotopic (exact) mass is 285 g/mol. The Morgan fingerprint density at radius 2 is 1.85 bits per heavy atom. The second-order valence-electron chi connectivity index (χ2n) is 5.03. The van der Waals surface area contributed by atoms with Crippen molar-refractivity contribution >= 4 is 0 Å². The summed E-state index contributed by atoms with van der Waals surface area (Å²) in [5.74, 6) is -0.828. The standard InChI is InChI=1S/C16H25F2NO/c1-5-10-19-15(16(6-2,7-3)20-4)13-11-12(17)8-9-14(13)18/h8-9,11,15,19H,5-7,10H2,1-4H3. The fourth-order valence-electron chi connectivity index (χ4n) is 2.67. The van der Waals surface area contributed by atoms with Crippen LogP contribution in [0.3, 0.4) is 0 Å². The van der Waals surface area contributed by atoms with Gasteiger partial charge in [-0.3, -0.25) is 0 Å². The predicted molar refractivity (Wildman–Crippen MR) is 77.7 cm³/mol. The van der Waals surface area contributed by atoms with Gasteiger partial charge < -0.3 is 10.1 Å². The minimum atomic E-state index is -0.538. The van der Waals surface area contributed by atoms with Gasteiger partial charge in [-0.1, -0.05) is 20.8 Å². The topological polar surface area (TPSA) is 21.3 Å². The summed E-state index contributed by atoms with van der Waals surface area (Å²) in [6.45, 7) is 6.78. The van der Waals surface area contributed by atoms with Crippen LogP contribution in [0.25, 0.3) is 0 Å². The Labute approximate surface area is 120 Å². The van der Waals surface area contributed by atoms with Gasteiger partial charge in [-0.2, -0.15) is 0 Å². The Kier molecular flexibility index (Phi) is 6.56. The van der Waals surface area contributed by atoms with Gasteiger partial charge in [0.05, 0.1) is 11.6 Å². The maximum absolute atomic E-state index is 14.1. The molecule has 0 aliphatic rings. The Morgan fingerprint density at radius 1 is 1.20 bits per heavy atom. The van der Waals surface area contributed by atoms with Crippen LogP contribution < -0.4 is 5.32 Å². The molecule has 0 saturated carbocycles. The fraction of sp³-hybridized carbons (Fsp3) is 0.625. The molecule has 1 aromatic rings. The molecule has 0 amide bonds. The zero-order valence-corrected chi connectivity index (χ0v) is 12.8. The maximum atomic E-state index is 14.1. The van der Waals surface area contributed by atoms with E-state index in [-0.39, 0.29) is 6.04 Å². The molecular weight excluding hydrogens is 260 g/mol. The average molecular weight is 285 g/mol. The summed E-state index contributed by atoms with van der Waals surface area (Å²) in [7, 11) is 1.63. The molecule has 1 atom stereocenters. The SMILES string of the molecule is CCCNC(c1cc(F)ccc1F)C(CC)(CC)OC. The largest absolute Gasteiger partial charge is 0.376 e. The molecule has 114 valence electrons. The zero-order valence-electron chi connectivity index (χ0n) is 12.8. The van der Waals surface area contributed by atoms with Gasteiger partial charge in [-0.15, -0.1) is 0 Å². The highest BCUT2D eigenvalue weighted by Crippen LogP contribution is 2.36. The Bertz CT molecular complexity index is 411. The summed E-state index contributed by atoms with van der Waals surface area (Å²) >= 11 is 0. The van der Waals surface area contributed by atoms with Crippen LogP contribution in [-0.2, 0) is 4.74 Å². The van der Waals surface area contributed by atoms with E-state index in [1.807, 2.05) is 20.8 Å². The molecule has 0 bridgehead atoms. The van der Waals surface area contributed by atoms with Crippen molar-refractivity contribution in [3.8, 4) is 0 Å². The first-order valence-corrected chi connectivity index (χ1v) is 7.28. The number of halogens is 2. The highest BCUT2D eigenvalue weighted by atomic mass is 19.1. The molecule has 0 radical (unpaired) electrons. The number of ether oxygens (including phenoxy) is 1. The first kappa shape index (κ1) is 17.1. The molecule has 1 aromatic carbocycles. The van der Waals surface area contributed by atoms with E-state index in [4.69, 9.17) is 4.74 Å². The summed E-state index contributed by atoms with van der Waals surface area (Å²) in [6, 6.07) is 3.22. The van der Waals surface area contributed by atoms with Crippen LogP contribution in [0.1, 0.15) is 51.6 Å². The van der Waals surface area contributed by atoms with Crippen LogP contribution in [0.2, 0.25) is 0 Å². The number of nitrogens with one attached hydrogen (secondary N) is 1.